The number of amides is 2. The quantitative estimate of drug-likeness (QED) is 0.345. The van der Waals surface area contributed by atoms with Crippen molar-refractivity contribution >= 4 is 17.9 Å². The first-order valence-electron chi connectivity index (χ1n) is 14.2. The predicted octanol–water partition coefficient (Wildman–Crippen LogP) is 5.65. The summed E-state index contributed by atoms with van der Waals surface area (Å²) < 4.78 is 12.0. The Hall–Kier alpha value is -2.44. The summed E-state index contributed by atoms with van der Waals surface area (Å²) in [7, 11) is 1.70. The summed E-state index contributed by atoms with van der Waals surface area (Å²) in [4.78, 5) is 28.9. The minimum Gasteiger partial charge on any atom is -0.507 e. The highest BCUT2D eigenvalue weighted by atomic mass is 16.5. The molecule has 2 heterocycles. The normalized spacial score (nSPS) is 28.7. The Kier molecular flexibility index (Phi) is 8.15. The number of methoxy groups -OCH3 is 1. The maximum absolute atomic E-state index is 13.7. The fourth-order valence-electron chi connectivity index (χ4n) is 7.24. The van der Waals surface area contributed by atoms with Crippen LogP contribution < -0.4 is 0 Å². The molecule has 1 aromatic carbocycles. The Morgan fingerprint density at radius 3 is 2.62 bits per heavy atom. The number of ether oxygens (including phenoxy) is 2. The van der Waals surface area contributed by atoms with E-state index in [2.05, 4.69) is 13.0 Å². The third-order valence-corrected chi connectivity index (χ3v) is 8.90. The Morgan fingerprint density at radius 2 is 1.89 bits per heavy atom. The number of phenols is 1. The molecule has 2 aliphatic heterocycles. The monoisotopic (exact) mass is 507 g/mol. The number of rotatable bonds is 9. The van der Waals surface area contributed by atoms with E-state index in [-0.39, 0.29) is 41.7 Å². The van der Waals surface area contributed by atoms with E-state index in [4.69, 9.17) is 9.47 Å². The molecule has 3 fully saturated rings. The lowest BCUT2D eigenvalue weighted by Crippen LogP contribution is -2.42. The van der Waals surface area contributed by atoms with E-state index >= 15 is 0 Å². The molecule has 6 heteroatoms. The van der Waals surface area contributed by atoms with Crippen molar-refractivity contribution in [3.63, 3.8) is 0 Å². The molecular formula is C31H41NO5. The summed E-state index contributed by atoms with van der Waals surface area (Å²) in [6, 6.07) is 7.51. The zero-order valence-corrected chi connectivity index (χ0v) is 22.3. The lowest BCUT2D eigenvalue weighted by molar-refractivity contribution is -0.143. The number of allylic oxidation sites excluding steroid dienone is 1. The average molecular weight is 508 g/mol. The number of hydrogen-bond acceptors (Lipinski definition) is 5. The van der Waals surface area contributed by atoms with Crippen LogP contribution in [0.25, 0.3) is 6.08 Å². The van der Waals surface area contributed by atoms with Gasteiger partial charge < -0.3 is 14.6 Å². The standard InChI is InChI=1S/C31H41NO5/c1-3-9-20(16-21-10-7-8-13-26(21)33)14-15-27-28-22(18-36-2)17-24-29(25(28)19-37-27)31(35)32(30(24)34)23-11-5-4-6-12-23/h7-8,10,13,16,23-25,27,29,33H,3-6,9,11-12,14-15,17-19H2,1-2H3/b20-16+/t24-,25+,27-,29-/m1/s1. The van der Waals surface area contributed by atoms with Gasteiger partial charge in [-0.3, -0.25) is 14.5 Å². The molecule has 4 aliphatic rings. The first-order chi connectivity index (χ1) is 18.0. The van der Waals surface area contributed by atoms with Gasteiger partial charge in [-0.25, -0.2) is 0 Å². The van der Waals surface area contributed by atoms with Crippen LogP contribution in [0.4, 0.5) is 0 Å². The van der Waals surface area contributed by atoms with E-state index in [1.807, 2.05) is 18.2 Å². The predicted molar refractivity (Wildman–Crippen MR) is 143 cm³/mol. The number of nitrogens with zero attached hydrogens (tertiary/aromatic N) is 1. The Bertz CT molecular complexity index is 1070. The van der Waals surface area contributed by atoms with Crippen LogP contribution in [0.1, 0.15) is 76.7 Å². The number of benzene rings is 1. The number of aromatic hydroxyl groups is 1. The number of para-hydroxylation sites is 1. The van der Waals surface area contributed by atoms with Crippen LogP contribution >= 0.6 is 0 Å². The second kappa shape index (κ2) is 11.5. The molecule has 5 rings (SSSR count). The van der Waals surface area contributed by atoms with Crippen LogP contribution in [-0.2, 0) is 19.1 Å². The largest absolute Gasteiger partial charge is 0.507 e. The molecule has 0 bridgehead atoms. The molecule has 2 aliphatic carbocycles. The first-order valence-corrected chi connectivity index (χ1v) is 14.2. The molecule has 37 heavy (non-hydrogen) atoms. The van der Waals surface area contributed by atoms with E-state index in [1.54, 1.807) is 18.1 Å². The Balaban J connectivity index is 1.36. The van der Waals surface area contributed by atoms with Crippen molar-refractivity contribution in [1.29, 1.82) is 0 Å². The van der Waals surface area contributed by atoms with E-state index in [0.29, 0.717) is 25.4 Å². The number of likely N-dealkylation sites (tertiary alicyclic amines) is 1. The lowest BCUT2D eigenvalue weighted by Gasteiger charge is -2.31. The topological polar surface area (TPSA) is 76.1 Å². The number of fused-ring (bicyclic) bond motifs is 3. The molecule has 0 aromatic heterocycles. The second-order valence-corrected chi connectivity index (χ2v) is 11.2. The van der Waals surface area contributed by atoms with Gasteiger partial charge in [0.1, 0.15) is 5.75 Å². The molecule has 1 N–H and O–H groups in total. The highest BCUT2D eigenvalue weighted by molar-refractivity contribution is 6.06. The van der Waals surface area contributed by atoms with Crippen molar-refractivity contribution in [2.24, 2.45) is 17.8 Å². The Labute approximate surface area is 220 Å². The van der Waals surface area contributed by atoms with Gasteiger partial charge in [0.05, 0.1) is 31.2 Å². The van der Waals surface area contributed by atoms with Gasteiger partial charge in [-0.05, 0) is 55.7 Å². The van der Waals surface area contributed by atoms with Crippen LogP contribution in [-0.4, -0.2) is 54.3 Å². The molecule has 4 atom stereocenters. The summed E-state index contributed by atoms with van der Waals surface area (Å²) >= 11 is 0. The maximum Gasteiger partial charge on any atom is 0.234 e. The highest BCUT2D eigenvalue weighted by Crippen LogP contribution is 2.51. The number of imide groups is 1. The summed E-state index contributed by atoms with van der Waals surface area (Å²) in [6.07, 6.45) is 11.6. The minimum absolute atomic E-state index is 0.0317. The van der Waals surface area contributed by atoms with Crippen molar-refractivity contribution < 1.29 is 24.2 Å². The van der Waals surface area contributed by atoms with E-state index in [0.717, 1.165) is 62.5 Å². The average Bonchev–Trinajstić information content (AvgIpc) is 3.43. The molecule has 2 saturated heterocycles. The lowest BCUT2D eigenvalue weighted by atomic mass is 9.69. The smallest absolute Gasteiger partial charge is 0.234 e. The summed E-state index contributed by atoms with van der Waals surface area (Å²) in [5.41, 5.74) is 4.50. The van der Waals surface area contributed by atoms with Crippen LogP contribution in [0.15, 0.2) is 41.0 Å². The minimum atomic E-state index is -0.290. The van der Waals surface area contributed by atoms with Gasteiger partial charge in [-0.1, -0.05) is 62.5 Å². The van der Waals surface area contributed by atoms with E-state index < -0.39 is 0 Å². The number of phenolic OH excluding ortho intramolecular Hbond substituents is 1. The molecule has 1 saturated carbocycles. The first kappa shape index (κ1) is 26.2. The van der Waals surface area contributed by atoms with Gasteiger partial charge >= 0.3 is 0 Å². The van der Waals surface area contributed by atoms with Gasteiger partial charge in [0.2, 0.25) is 11.8 Å². The molecule has 0 unspecified atom stereocenters. The van der Waals surface area contributed by atoms with Crippen LogP contribution in [0.5, 0.6) is 5.75 Å². The Morgan fingerprint density at radius 1 is 1.11 bits per heavy atom. The van der Waals surface area contributed by atoms with Crippen molar-refractivity contribution in [1.82, 2.24) is 4.90 Å². The van der Waals surface area contributed by atoms with Crippen molar-refractivity contribution in [3.8, 4) is 5.75 Å². The maximum atomic E-state index is 13.7. The van der Waals surface area contributed by atoms with Gasteiger partial charge in [0.25, 0.3) is 0 Å². The van der Waals surface area contributed by atoms with Crippen LogP contribution in [0, 0.1) is 17.8 Å². The number of carbonyl (C=O) groups is 2. The zero-order valence-electron chi connectivity index (χ0n) is 22.3. The molecular weight excluding hydrogens is 466 g/mol. The van der Waals surface area contributed by atoms with Crippen molar-refractivity contribution in [2.45, 2.75) is 83.3 Å². The molecule has 0 radical (unpaired) electrons. The van der Waals surface area contributed by atoms with Crippen molar-refractivity contribution in [3.05, 3.63) is 46.5 Å². The third-order valence-electron chi connectivity index (χ3n) is 8.90. The van der Waals surface area contributed by atoms with Gasteiger partial charge in [-0.15, -0.1) is 0 Å². The molecule has 6 nitrogen and oxygen atoms in total. The molecule has 0 spiro atoms. The van der Waals surface area contributed by atoms with Gasteiger partial charge in [0.15, 0.2) is 0 Å². The summed E-state index contributed by atoms with van der Waals surface area (Å²) in [5, 5.41) is 10.3. The van der Waals surface area contributed by atoms with E-state index in [9.17, 15) is 14.7 Å². The number of carbonyl (C=O) groups excluding carboxylic acids is 2. The molecule has 1 aromatic rings. The third kappa shape index (κ3) is 5.15. The van der Waals surface area contributed by atoms with Crippen molar-refractivity contribution in [2.75, 3.05) is 20.3 Å². The fourth-order valence-corrected chi connectivity index (χ4v) is 7.24. The summed E-state index contributed by atoms with van der Waals surface area (Å²) in [6.45, 7) is 3.15. The molecule has 200 valence electrons. The SMILES string of the molecule is CCC/C(=C\c1ccccc1O)CC[C@H]1OC[C@H]2C1=C(COC)C[C@H]1C(=O)N(C3CCCCC3)C(=O)[C@H]12. The van der Waals surface area contributed by atoms with Crippen LogP contribution in [0.2, 0.25) is 0 Å². The van der Waals surface area contributed by atoms with Gasteiger partial charge in [0, 0.05) is 24.6 Å². The summed E-state index contributed by atoms with van der Waals surface area (Å²) in [5.74, 6) is -0.223. The van der Waals surface area contributed by atoms with E-state index in [1.165, 1.54) is 17.6 Å². The number of hydrogen-bond donors (Lipinski definition) is 1. The second-order valence-electron chi connectivity index (χ2n) is 11.2. The highest BCUT2D eigenvalue weighted by Gasteiger charge is 2.58. The molecule has 2 amide bonds. The fraction of sp³-hybridized carbons (Fsp3) is 0.613. The van der Waals surface area contributed by atoms with Crippen LogP contribution in [0.3, 0.4) is 0 Å². The zero-order chi connectivity index (χ0) is 25.9. The van der Waals surface area contributed by atoms with Gasteiger partial charge in [-0.2, -0.15) is 0 Å².